The van der Waals surface area contributed by atoms with E-state index < -0.39 is 5.97 Å². The maximum Gasteiger partial charge on any atom is 0.323 e. The zero-order valence-electron chi connectivity index (χ0n) is 12.2. The molecule has 0 atom stereocenters. The van der Waals surface area contributed by atoms with Crippen LogP contribution < -0.4 is 0 Å². The van der Waals surface area contributed by atoms with Crippen LogP contribution in [0.4, 0.5) is 0 Å². The number of rotatable bonds is 7. The van der Waals surface area contributed by atoms with Gasteiger partial charge in [0.1, 0.15) is 12.2 Å². The van der Waals surface area contributed by atoms with E-state index in [1.807, 2.05) is 20.8 Å². The Bertz CT molecular complexity index is 506. The number of aliphatic carboxylic acids is 1. The highest BCUT2D eigenvalue weighted by atomic mass is 16.4. The van der Waals surface area contributed by atoms with Gasteiger partial charge in [0.15, 0.2) is 0 Å². The van der Waals surface area contributed by atoms with E-state index in [4.69, 9.17) is 5.11 Å². The summed E-state index contributed by atoms with van der Waals surface area (Å²) in [6.07, 6.45) is 1.51. The summed E-state index contributed by atoms with van der Waals surface area (Å²) in [5, 5.41) is 13.2. The molecule has 0 aliphatic heterocycles. The average Bonchev–Trinajstić information content (AvgIpc) is 2.81. The van der Waals surface area contributed by atoms with Gasteiger partial charge in [-0.2, -0.15) is 5.10 Å². The lowest BCUT2D eigenvalue weighted by atomic mass is 10.1. The molecular formula is C14H21N3O3. The highest BCUT2D eigenvalue weighted by molar-refractivity contribution is 5.94. The van der Waals surface area contributed by atoms with Gasteiger partial charge in [-0.25, -0.2) is 0 Å². The summed E-state index contributed by atoms with van der Waals surface area (Å²) in [6, 6.07) is 1.73. The Labute approximate surface area is 118 Å². The largest absolute Gasteiger partial charge is 0.480 e. The number of carbonyl (C=O) groups excluding carboxylic acids is 1. The molecule has 1 N–H and O–H groups in total. The Balaban J connectivity index is 3.09. The van der Waals surface area contributed by atoms with E-state index in [1.165, 1.54) is 11.0 Å². The van der Waals surface area contributed by atoms with Crippen molar-refractivity contribution in [2.45, 2.75) is 33.2 Å². The van der Waals surface area contributed by atoms with Crippen molar-refractivity contribution in [3.05, 3.63) is 30.1 Å². The first-order chi connectivity index (χ1) is 9.40. The van der Waals surface area contributed by atoms with Crippen LogP contribution in [0.2, 0.25) is 0 Å². The lowest BCUT2D eigenvalue weighted by molar-refractivity contribution is -0.137. The van der Waals surface area contributed by atoms with E-state index in [0.717, 1.165) is 5.69 Å². The van der Waals surface area contributed by atoms with E-state index in [1.54, 1.807) is 10.7 Å². The third-order valence-electron chi connectivity index (χ3n) is 2.87. The van der Waals surface area contributed by atoms with Crippen molar-refractivity contribution >= 4 is 11.9 Å². The second-order valence-electron chi connectivity index (χ2n) is 4.79. The van der Waals surface area contributed by atoms with Gasteiger partial charge in [-0.1, -0.05) is 19.9 Å². The minimum atomic E-state index is -1.05. The van der Waals surface area contributed by atoms with Crippen LogP contribution in [-0.4, -0.2) is 44.8 Å². The molecule has 0 saturated heterocycles. The molecule has 6 heteroatoms. The highest BCUT2D eigenvalue weighted by Crippen LogP contribution is 2.16. The first kappa shape index (κ1) is 15.9. The monoisotopic (exact) mass is 279 g/mol. The Kier molecular flexibility index (Phi) is 5.49. The second kappa shape index (κ2) is 6.88. The third-order valence-corrected chi connectivity index (χ3v) is 2.87. The highest BCUT2D eigenvalue weighted by Gasteiger charge is 2.22. The summed E-state index contributed by atoms with van der Waals surface area (Å²) < 4.78 is 1.61. The molecule has 0 spiro atoms. The SMILES string of the molecule is C=CCN(CC(=O)O)C(=O)c1cc(C(C)C)nn1CC. The van der Waals surface area contributed by atoms with Crippen LogP contribution in [0.25, 0.3) is 0 Å². The normalized spacial score (nSPS) is 10.6. The average molecular weight is 279 g/mol. The van der Waals surface area contributed by atoms with Crippen molar-refractivity contribution < 1.29 is 14.7 Å². The molecule has 20 heavy (non-hydrogen) atoms. The summed E-state index contributed by atoms with van der Waals surface area (Å²) >= 11 is 0. The first-order valence-corrected chi connectivity index (χ1v) is 6.60. The fourth-order valence-corrected chi connectivity index (χ4v) is 1.83. The van der Waals surface area contributed by atoms with Gasteiger partial charge < -0.3 is 10.0 Å². The summed E-state index contributed by atoms with van der Waals surface area (Å²) in [5.41, 5.74) is 1.24. The molecule has 6 nitrogen and oxygen atoms in total. The van der Waals surface area contributed by atoms with E-state index >= 15 is 0 Å². The number of aryl methyl sites for hydroxylation is 1. The zero-order valence-corrected chi connectivity index (χ0v) is 12.2. The maximum absolute atomic E-state index is 12.4. The summed E-state index contributed by atoms with van der Waals surface area (Å²) in [7, 11) is 0. The van der Waals surface area contributed by atoms with Crippen molar-refractivity contribution in [3.63, 3.8) is 0 Å². The van der Waals surface area contributed by atoms with Crippen LogP contribution >= 0.6 is 0 Å². The molecule has 1 amide bonds. The molecule has 0 radical (unpaired) electrons. The topological polar surface area (TPSA) is 75.4 Å². The Morgan fingerprint density at radius 1 is 1.55 bits per heavy atom. The van der Waals surface area contributed by atoms with E-state index in [-0.39, 0.29) is 24.9 Å². The Hall–Kier alpha value is -2.11. The molecule has 0 bridgehead atoms. The zero-order chi connectivity index (χ0) is 15.3. The van der Waals surface area contributed by atoms with Gasteiger partial charge in [0.2, 0.25) is 0 Å². The molecular weight excluding hydrogens is 258 g/mol. The van der Waals surface area contributed by atoms with Gasteiger partial charge in [-0.3, -0.25) is 14.3 Å². The molecule has 0 fully saturated rings. The number of carboxylic acid groups (broad SMARTS) is 1. The standard InChI is InChI=1S/C14H21N3O3/c1-5-7-16(9-13(18)19)14(20)12-8-11(10(3)4)15-17(12)6-2/h5,8,10H,1,6-7,9H2,2-4H3,(H,18,19). The minimum Gasteiger partial charge on any atom is -0.480 e. The van der Waals surface area contributed by atoms with Crippen molar-refractivity contribution in [2.24, 2.45) is 0 Å². The van der Waals surface area contributed by atoms with Crippen molar-refractivity contribution in [1.82, 2.24) is 14.7 Å². The molecule has 0 unspecified atom stereocenters. The van der Waals surface area contributed by atoms with Gasteiger partial charge in [0, 0.05) is 13.1 Å². The molecule has 1 rings (SSSR count). The minimum absolute atomic E-state index is 0.192. The van der Waals surface area contributed by atoms with Crippen LogP contribution in [0, 0.1) is 0 Å². The van der Waals surface area contributed by atoms with Crippen molar-refractivity contribution in [3.8, 4) is 0 Å². The summed E-state index contributed by atoms with van der Waals surface area (Å²) in [5.74, 6) is -1.18. The van der Waals surface area contributed by atoms with Crippen molar-refractivity contribution in [1.29, 1.82) is 0 Å². The van der Waals surface area contributed by atoms with E-state index in [0.29, 0.717) is 12.2 Å². The lowest BCUT2D eigenvalue weighted by Crippen LogP contribution is -2.36. The number of amides is 1. The molecule has 1 heterocycles. The molecule has 0 aliphatic carbocycles. The predicted octanol–water partition coefficient (Wildman–Crippen LogP) is 1.74. The van der Waals surface area contributed by atoms with E-state index in [2.05, 4.69) is 11.7 Å². The van der Waals surface area contributed by atoms with Crippen LogP contribution in [0.5, 0.6) is 0 Å². The van der Waals surface area contributed by atoms with Crippen molar-refractivity contribution in [2.75, 3.05) is 13.1 Å². The molecule has 1 aromatic rings. The summed E-state index contributed by atoms with van der Waals surface area (Å²) in [4.78, 5) is 24.5. The van der Waals surface area contributed by atoms with Crippen LogP contribution in [0.1, 0.15) is 42.9 Å². The molecule has 0 aliphatic rings. The van der Waals surface area contributed by atoms with Gasteiger partial charge >= 0.3 is 5.97 Å². The predicted molar refractivity (Wildman–Crippen MR) is 75.7 cm³/mol. The van der Waals surface area contributed by atoms with E-state index in [9.17, 15) is 9.59 Å². The fraction of sp³-hybridized carbons (Fsp3) is 0.500. The van der Waals surface area contributed by atoms with Crippen LogP contribution in [0.15, 0.2) is 18.7 Å². The Morgan fingerprint density at radius 3 is 2.65 bits per heavy atom. The van der Waals surface area contributed by atoms with Crippen LogP contribution in [0.3, 0.4) is 0 Å². The third kappa shape index (κ3) is 3.69. The fourth-order valence-electron chi connectivity index (χ4n) is 1.83. The number of nitrogens with zero attached hydrogens (tertiary/aromatic N) is 3. The first-order valence-electron chi connectivity index (χ1n) is 6.60. The number of carbonyl (C=O) groups is 2. The number of aromatic nitrogens is 2. The van der Waals surface area contributed by atoms with Gasteiger partial charge in [0.05, 0.1) is 5.69 Å². The molecule has 1 aromatic heterocycles. The number of hydrogen-bond donors (Lipinski definition) is 1. The lowest BCUT2D eigenvalue weighted by Gasteiger charge is -2.18. The number of carboxylic acids is 1. The number of hydrogen-bond acceptors (Lipinski definition) is 3. The maximum atomic E-state index is 12.4. The quantitative estimate of drug-likeness (QED) is 0.771. The smallest absolute Gasteiger partial charge is 0.323 e. The van der Waals surface area contributed by atoms with Gasteiger partial charge in [-0.15, -0.1) is 6.58 Å². The van der Waals surface area contributed by atoms with Gasteiger partial charge in [-0.05, 0) is 18.9 Å². The molecule has 0 aromatic carbocycles. The summed E-state index contributed by atoms with van der Waals surface area (Å²) in [6.45, 7) is 9.83. The molecule has 110 valence electrons. The second-order valence-corrected chi connectivity index (χ2v) is 4.79. The van der Waals surface area contributed by atoms with Crippen LogP contribution in [-0.2, 0) is 11.3 Å². The molecule has 0 saturated carbocycles. The van der Waals surface area contributed by atoms with Gasteiger partial charge in [0.25, 0.3) is 5.91 Å². The Morgan fingerprint density at radius 2 is 2.20 bits per heavy atom.